The first-order chi connectivity index (χ1) is 6.83. The Kier molecular flexibility index (Phi) is 4.12. The summed E-state index contributed by atoms with van der Waals surface area (Å²) in [5, 5.41) is 9.75. The molecule has 0 aromatic heterocycles. The van der Waals surface area contributed by atoms with Crippen LogP contribution in [0.2, 0.25) is 0 Å². The number of methoxy groups -OCH3 is 1. The van der Waals surface area contributed by atoms with E-state index in [4.69, 9.17) is 14.2 Å². The zero-order valence-corrected chi connectivity index (χ0v) is 10.2. The second-order valence-electron chi connectivity index (χ2n) is 5.00. The average Bonchev–Trinajstić information content (AvgIpc) is 2.08. The third-order valence-corrected chi connectivity index (χ3v) is 2.44. The molecule has 0 aliphatic carbocycles. The quantitative estimate of drug-likeness (QED) is 0.759. The van der Waals surface area contributed by atoms with E-state index in [-0.39, 0.29) is 24.1 Å². The van der Waals surface area contributed by atoms with Crippen LogP contribution < -0.4 is 0 Å². The number of hydrogen-bond acceptors (Lipinski definition) is 4. The van der Waals surface area contributed by atoms with Crippen LogP contribution in [0.15, 0.2) is 0 Å². The van der Waals surface area contributed by atoms with Gasteiger partial charge in [-0.1, -0.05) is 0 Å². The molecule has 1 heterocycles. The summed E-state index contributed by atoms with van der Waals surface area (Å²) in [6, 6.07) is 0. The van der Waals surface area contributed by atoms with Gasteiger partial charge in [0.05, 0.1) is 17.8 Å². The third-order valence-electron chi connectivity index (χ3n) is 2.44. The van der Waals surface area contributed by atoms with Gasteiger partial charge in [-0.3, -0.25) is 0 Å². The van der Waals surface area contributed by atoms with E-state index in [1.165, 1.54) is 0 Å². The molecule has 1 fully saturated rings. The SMILES string of the molecule is COC1CC(OC(C)(C)C)OC(C)C1O. The molecular formula is C11H22O4. The van der Waals surface area contributed by atoms with E-state index in [0.717, 1.165) is 0 Å². The highest BCUT2D eigenvalue weighted by molar-refractivity contribution is 4.82. The Morgan fingerprint density at radius 3 is 2.40 bits per heavy atom. The molecule has 90 valence electrons. The van der Waals surface area contributed by atoms with Crippen LogP contribution in [0.1, 0.15) is 34.1 Å². The van der Waals surface area contributed by atoms with E-state index in [9.17, 15) is 5.11 Å². The minimum Gasteiger partial charge on any atom is -0.388 e. The van der Waals surface area contributed by atoms with Crippen LogP contribution in [0.4, 0.5) is 0 Å². The molecule has 4 heteroatoms. The Morgan fingerprint density at radius 1 is 1.33 bits per heavy atom. The van der Waals surface area contributed by atoms with E-state index in [1.54, 1.807) is 7.11 Å². The fraction of sp³-hybridized carbons (Fsp3) is 1.00. The number of hydrogen-bond donors (Lipinski definition) is 1. The van der Waals surface area contributed by atoms with Crippen LogP contribution in [-0.2, 0) is 14.2 Å². The van der Waals surface area contributed by atoms with Gasteiger partial charge in [-0.25, -0.2) is 0 Å². The largest absolute Gasteiger partial charge is 0.388 e. The van der Waals surface area contributed by atoms with Crippen molar-refractivity contribution in [1.29, 1.82) is 0 Å². The Hall–Kier alpha value is -0.160. The van der Waals surface area contributed by atoms with Gasteiger partial charge in [0.25, 0.3) is 0 Å². The Balaban J connectivity index is 2.55. The summed E-state index contributed by atoms with van der Waals surface area (Å²) in [6.07, 6.45) is -0.764. The van der Waals surface area contributed by atoms with Crippen molar-refractivity contribution in [3.8, 4) is 0 Å². The maximum Gasteiger partial charge on any atom is 0.161 e. The summed E-state index contributed by atoms with van der Waals surface area (Å²) < 4.78 is 16.5. The summed E-state index contributed by atoms with van der Waals surface area (Å²) in [5.74, 6) is 0. The lowest BCUT2D eigenvalue weighted by Gasteiger charge is -2.39. The van der Waals surface area contributed by atoms with Crippen LogP contribution >= 0.6 is 0 Å². The van der Waals surface area contributed by atoms with Crippen molar-refractivity contribution < 1.29 is 19.3 Å². The smallest absolute Gasteiger partial charge is 0.161 e. The van der Waals surface area contributed by atoms with Crippen molar-refractivity contribution in [1.82, 2.24) is 0 Å². The predicted octanol–water partition coefficient (Wildman–Crippen LogP) is 1.31. The maximum absolute atomic E-state index is 9.75. The van der Waals surface area contributed by atoms with Crippen molar-refractivity contribution in [2.24, 2.45) is 0 Å². The average molecular weight is 218 g/mol. The molecule has 1 aliphatic rings. The Morgan fingerprint density at radius 2 is 1.93 bits per heavy atom. The number of ether oxygens (including phenoxy) is 3. The Labute approximate surface area is 91.5 Å². The lowest BCUT2D eigenvalue weighted by Crippen LogP contribution is -2.49. The number of rotatable bonds is 2. The first kappa shape index (κ1) is 12.9. The first-order valence-corrected chi connectivity index (χ1v) is 5.37. The molecule has 15 heavy (non-hydrogen) atoms. The maximum atomic E-state index is 9.75. The van der Waals surface area contributed by atoms with Gasteiger partial charge >= 0.3 is 0 Å². The van der Waals surface area contributed by atoms with Crippen LogP contribution in [0.25, 0.3) is 0 Å². The van der Waals surface area contributed by atoms with Crippen LogP contribution in [0, 0.1) is 0 Å². The molecule has 0 aromatic carbocycles. The van der Waals surface area contributed by atoms with Gasteiger partial charge in [-0.05, 0) is 27.7 Å². The molecule has 1 rings (SSSR count). The summed E-state index contributed by atoms with van der Waals surface area (Å²) in [4.78, 5) is 0. The molecule has 0 spiro atoms. The fourth-order valence-electron chi connectivity index (χ4n) is 1.71. The number of aliphatic hydroxyl groups is 1. The van der Waals surface area contributed by atoms with Gasteiger partial charge in [0.15, 0.2) is 6.29 Å². The molecular weight excluding hydrogens is 196 g/mol. The van der Waals surface area contributed by atoms with Crippen molar-refractivity contribution in [3.63, 3.8) is 0 Å². The molecule has 0 amide bonds. The molecule has 0 aromatic rings. The molecule has 0 radical (unpaired) electrons. The lowest BCUT2D eigenvalue weighted by atomic mass is 10.0. The summed E-state index contributed by atoms with van der Waals surface area (Å²) in [7, 11) is 1.60. The van der Waals surface area contributed by atoms with Gasteiger partial charge in [0.2, 0.25) is 0 Å². The van der Waals surface area contributed by atoms with Crippen molar-refractivity contribution in [3.05, 3.63) is 0 Å². The fourth-order valence-corrected chi connectivity index (χ4v) is 1.71. The van der Waals surface area contributed by atoms with Gasteiger partial charge in [-0.15, -0.1) is 0 Å². The Bertz CT molecular complexity index is 199. The highest BCUT2D eigenvalue weighted by Crippen LogP contribution is 2.25. The molecule has 4 atom stereocenters. The van der Waals surface area contributed by atoms with Gasteiger partial charge < -0.3 is 19.3 Å². The van der Waals surface area contributed by atoms with Gasteiger partial charge in [0.1, 0.15) is 6.10 Å². The van der Waals surface area contributed by atoms with Crippen LogP contribution in [0.5, 0.6) is 0 Å². The third kappa shape index (κ3) is 3.72. The van der Waals surface area contributed by atoms with Crippen molar-refractivity contribution >= 4 is 0 Å². The van der Waals surface area contributed by atoms with Crippen LogP contribution in [-0.4, -0.2) is 42.4 Å². The highest BCUT2D eigenvalue weighted by atomic mass is 16.7. The summed E-state index contributed by atoms with van der Waals surface area (Å²) in [6.45, 7) is 7.77. The molecule has 0 saturated carbocycles. The summed E-state index contributed by atoms with van der Waals surface area (Å²) >= 11 is 0. The van der Waals surface area contributed by atoms with E-state index in [1.807, 2.05) is 27.7 Å². The zero-order chi connectivity index (χ0) is 11.6. The van der Waals surface area contributed by atoms with E-state index in [2.05, 4.69) is 0 Å². The standard InChI is InChI=1S/C11H22O4/c1-7-10(12)8(13-5)6-9(14-7)15-11(2,3)4/h7-10,12H,6H2,1-5H3. The number of aliphatic hydroxyl groups excluding tert-OH is 1. The predicted molar refractivity (Wildman–Crippen MR) is 56.6 cm³/mol. The first-order valence-electron chi connectivity index (χ1n) is 5.37. The van der Waals surface area contributed by atoms with Gasteiger partial charge in [-0.2, -0.15) is 0 Å². The normalized spacial score (nSPS) is 38.0. The molecule has 4 unspecified atom stereocenters. The highest BCUT2D eigenvalue weighted by Gasteiger charge is 2.37. The van der Waals surface area contributed by atoms with Crippen molar-refractivity contribution in [2.45, 2.75) is 64.3 Å². The van der Waals surface area contributed by atoms with Crippen molar-refractivity contribution in [2.75, 3.05) is 7.11 Å². The molecule has 1 N–H and O–H groups in total. The van der Waals surface area contributed by atoms with E-state index < -0.39 is 6.10 Å². The lowest BCUT2D eigenvalue weighted by molar-refractivity contribution is -0.275. The second kappa shape index (κ2) is 4.78. The second-order valence-corrected chi connectivity index (χ2v) is 5.00. The van der Waals surface area contributed by atoms with Gasteiger partial charge in [0, 0.05) is 13.5 Å². The minimum atomic E-state index is -0.574. The minimum absolute atomic E-state index is 0.207. The zero-order valence-electron chi connectivity index (χ0n) is 10.2. The summed E-state index contributed by atoms with van der Waals surface area (Å²) in [5.41, 5.74) is -0.245. The molecule has 1 aliphatic heterocycles. The molecule has 0 bridgehead atoms. The van der Waals surface area contributed by atoms with E-state index >= 15 is 0 Å². The van der Waals surface area contributed by atoms with E-state index in [0.29, 0.717) is 6.42 Å². The topological polar surface area (TPSA) is 47.9 Å². The molecule has 4 nitrogen and oxygen atoms in total. The van der Waals surface area contributed by atoms with Crippen LogP contribution in [0.3, 0.4) is 0 Å². The monoisotopic (exact) mass is 218 g/mol. The molecule has 1 saturated heterocycles.